The third-order valence-corrected chi connectivity index (χ3v) is 7.27. The van der Waals surface area contributed by atoms with Crippen molar-refractivity contribution in [3.8, 4) is 11.3 Å². The second-order valence-corrected chi connectivity index (χ2v) is 11.3. The zero-order valence-corrected chi connectivity index (χ0v) is 26.0. The molecule has 0 aromatic carbocycles. The third kappa shape index (κ3) is 7.17. The van der Waals surface area contributed by atoms with Gasteiger partial charge in [0.05, 0.1) is 40.4 Å². The van der Waals surface area contributed by atoms with Gasteiger partial charge in [0.15, 0.2) is 0 Å². The smallest absolute Gasteiger partial charge is 0.0942 e. The van der Waals surface area contributed by atoms with Crippen LogP contribution in [0, 0.1) is 6.92 Å². The Morgan fingerprint density at radius 3 is 2.46 bits per heavy atom. The molecule has 1 aliphatic carbocycles. The van der Waals surface area contributed by atoms with Gasteiger partial charge in [0.25, 0.3) is 0 Å². The van der Waals surface area contributed by atoms with Crippen molar-refractivity contribution in [2.24, 2.45) is 4.99 Å². The van der Waals surface area contributed by atoms with Gasteiger partial charge in [0, 0.05) is 35.1 Å². The predicted molar refractivity (Wildman–Crippen MR) is 170 cm³/mol. The molecule has 39 heavy (non-hydrogen) atoms. The average Bonchev–Trinajstić information content (AvgIpc) is 3.17. The predicted octanol–water partition coefficient (Wildman–Crippen LogP) is 9.81. The second-order valence-electron chi connectivity index (χ2n) is 11.3. The van der Waals surface area contributed by atoms with E-state index in [1.54, 1.807) is 0 Å². The summed E-state index contributed by atoms with van der Waals surface area (Å²) in [4.78, 5) is 15.0. The summed E-state index contributed by atoms with van der Waals surface area (Å²) in [6, 6.07) is 6.84. The molecule has 0 saturated heterocycles. The Morgan fingerprint density at radius 2 is 1.90 bits per heavy atom. The van der Waals surface area contributed by atoms with E-state index in [0.29, 0.717) is 18.5 Å². The summed E-state index contributed by atoms with van der Waals surface area (Å²) in [6.07, 6.45) is 12.3. The first kappa shape index (κ1) is 30.6. The number of aryl methyl sites for hydroxylation is 1. The Labute approximate surface area is 237 Å². The number of nitrogens with zero attached hydrogens (tertiary/aromatic N) is 4. The molecule has 1 saturated carbocycles. The van der Waals surface area contributed by atoms with E-state index in [0.717, 1.165) is 47.6 Å². The summed E-state index contributed by atoms with van der Waals surface area (Å²) in [5, 5.41) is 3.79. The molecule has 1 aliphatic rings. The van der Waals surface area contributed by atoms with E-state index in [-0.39, 0.29) is 0 Å². The number of aromatic nitrogens is 3. The minimum atomic E-state index is 0.347. The number of pyridine rings is 2. The summed E-state index contributed by atoms with van der Waals surface area (Å²) in [6.45, 7) is 20.3. The Kier molecular flexibility index (Phi) is 11.3. The Hall–Kier alpha value is -2.95. The first-order valence-corrected chi connectivity index (χ1v) is 15.2. The molecule has 0 unspecified atom stereocenters. The molecular formula is C34H51N5. The average molecular weight is 530 g/mol. The zero-order valence-electron chi connectivity index (χ0n) is 26.0. The largest absolute Gasteiger partial charge is 0.378 e. The summed E-state index contributed by atoms with van der Waals surface area (Å²) in [7, 11) is 0. The van der Waals surface area contributed by atoms with Crippen molar-refractivity contribution < 1.29 is 0 Å². The number of aliphatic imine (C=N–C) groups is 1. The van der Waals surface area contributed by atoms with Crippen molar-refractivity contribution in [1.82, 2.24) is 14.5 Å². The molecule has 3 aromatic heterocycles. The van der Waals surface area contributed by atoms with Crippen LogP contribution in [0.1, 0.15) is 123 Å². The highest BCUT2D eigenvalue weighted by molar-refractivity contribution is 5.95. The molecule has 0 radical (unpaired) electrons. The van der Waals surface area contributed by atoms with Crippen LogP contribution in [0.25, 0.3) is 22.3 Å². The second kappa shape index (κ2) is 14.4. The number of rotatable bonds is 10. The number of hydrogen-bond acceptors (Lipinski definition) is 4. The molecule has 0 amide bonds. The number of unbranched alkanes of at least 4 members (excludes halogenated alkanes) is 1. The first-order chi connectivity index (χ1) is 18.8. The molecule has 0 spiro atoms. The molecule has 3 aromatic rings. The van der Waals surface area contributed by atoms with Crippen molar-refractivity contribution >= 4 is 22.4 Å². The molecule has 0 bridgehead atoms. The van der Waals surface area contributed by atoms with Gasteiger partial charge in [-0.1, -0.05) is 53.0 Å². The summed E-state index contributed by atoms with van der Waals surface area (Å²) in [5.74, 6) is 0.549. The lowest BCUT2D eigenvalue weighted by atomic mass is 9.80. The van der Waals surface area contributed by atoms with Crippen LogP contribution in [-0.2, 0) is 6.42 Å². The van der Waals surface area contributed by atoms with Crippen molar-refractivity contribution in [3.63, 3.8) is 0 Å². The fourth-order valence-corrected chi connectivity index (χ4v) is 5.36. The maximum atomic E-state index is 5.30. The monoisotopic (exact) mass is 529 g/mol. The highest BCUT2D eigenvalue weighted by Gasteiger charge is 2.26. The van der Waals surface area contributed by atoms with Crippen molar-refractivity contribution in [2.45, 2.75) is 119 Å². The van der Waals surface area contributed by atoms with Crippen molar-refractivity contribution in [1.29, 1.82) is 0 Å². The SMILES string of the molecule is CCC.CCC/C=C(/CNc1cc(-c2cccnc2C2CCC2)nc2c(C)c(CC)n(C(C)C)c12)N=C(C)C. The fourth-order valence-electron chi connectivity index (χ4n) is 5.36. The van der Waals surface area contributed by atoms with E-state index < -0.39 is 0 Å². The van der Waals surface area contributed by atoms with Gasteiger partial charge in [0.1, 0.15) is 0 Å². The van der Waals surface area contributed by atoms with Crippen molar-refractivity contribution in [3.05, 3.63) is 53.1 Å². The van der Waals surface area contributed by atoms with E-state index in [2.05, 4.69) is 90.4 Å². The van der Waals surface area contributed by atoms with Crippen LogP contribution in [0.15, 0.2) is 41.2 Å². The highest BCUT2D eigenvalue weighted by Crippen LogP contribution is 2.41. The third-order valence-electron chi connectivity index (χ3n) is 7.27. The molecule has 1 fully saturated rings. The van der Waals surface area contributed by atoms with E-state index in [4.69, 9.17) is 15.0 Å². The number of nitrogens with one attached hydrogen (secondary N) is 1. The molecule has 1 N–H and O–H groups in total. The van der Waals surface area contributed by atoms with Gasteiger partial charge in [0.2, 0.25) is 0 Å². The lowest BCUT2D eigenvalue weighted by Gasteiger charge is -2.26. The van der Waals surface area contributed by atoms with Gasteiger partial charge >= 0.3 is 0 Å². The Bertz CT molecular complexity index is 1290. The zero-order chi connectivity index (χ0) is 28.5. The summed E-state index contributed by atoms with van der Waals surface area (Å²) < 4.78 is 2.48. The minimum absolute atomic E-state index is 0.347. The van der Waals surface area contributed by atoms with Crippen LogP contribution in [0.2, 0.25) is 0 Å². The van der Waals surface area contributed by atoms with Crippen LogP contribution in [0.4, 0.5) is 5.69 Å². The van der Waals surface area contributed by atoms with Crippen molar-refractivity contribution in [2.75, 3.05) is 11.9 Å². The lowest BCUT2D eigenvalue weighted by molar-refractivity contribution is 0.412. The van der Waals surface area contributed by atoms with Gasteiger partial charge in [-0.3, -0.25) is 9.98 Å². The normalized spacial score (nSPS) is 13.7. The molecule has 3 heterocycles. The Morgan fingerprint density at radius 1 is 1.18 bits per heavy atom. The van der Waals surface area contributed by atoms with Gasteiger partial charge in [-0.15, -0.1) is 0 Å². The highest BCUT2D eigenvalue weighted by atomic mass is 15.1. The van der Waals surface area contributed by atoms with Crippen LogP contribution < -0.4 is 5.32 Å². The number of anilines is 1. The van der Waals surface area contributed by atoms with Crippen LogP contribution in [0.3, 0.4) is 0 Å². The van der Waals surface area contributed by atoms with Gasteiger partial charge in [-0.25, -0.2) is 4.98 Å². The van der Waals surface area contributed by atoms with E-state index in [1.807, 2.05) is 12.3 Å². The molecule has 5 heteroatoms. The Balaban J connectivity index is 0.00000134. The summed E-state index contributed by atoms with van der Waals surface area (Å²) in [5.41, 5.74) is 11.6. The maximum absolute atomic E-state index is 5.30. The molecular weight excluding hydrogens is 478 g/mol. The van der Waals surface area contributed by atoms with E-state index in [1.165, 1.54) is 53.7 Å². The van der Waals surface area contributed by atoms with Crippen LogP contribution in [-0.4, -0.2) is 26.8 Å². The van der Waals surface area contributed by atoms with Gasteiger partial charge in [-0.2, -0.15) is 0 Å². The molecule has 4 rings (SSSR count). The molecule has 0 atom stereocenters. The van der Waals surface area contributed by atoms with Gasteiger partial charge < -0.3 is 9.88 Å². The standard InChI is InChI=1S/C31H43N5.C3H8/c1-8-10-15-24(34-20(3)4)19-33-27-18-26(25-16-12-17-32-30(25)23-13-11-14-23)35-29-22(7)28(9-2)36(21(5)6)31(27)29;1-3-2/h12,15-18,21,23H,8-11,13-14,19H2,1-7H3,(H,33,35);3H2,1-2H3/b24-15-;. The van der Waals surface area contributed by atoms with Crippen LogP contribution >= 0.6 is 0 Å². The number of fused-ring (bicyclic) bond motifs is 1. The molecule has 212 valence electrons. The quantitative estimate of drug-likeness (QED) is 0.266. The summed E-state index contributed by atoms with van der Waals surface area (Å²) >= 11 is 0. The fraction of sp³-hybridized carbons (Fsp3) is 0.559. The number of hydrogen-bond donors (Lipinski definition) is 1. The molecule has 5 nitrogen and oxygen atoms in total. The maximum Gasteiger partial charge on any atom is 0.0942 e. The number of allylic oxidation sites excluding steroid dienone is 1. The lowest BCUT2D eigenvalue weighted by Crippen LogP contribution is -2.12. The molecule has 0 aliphatic heterocycles. The topological polar surface area (TPSA) is 55.1 Å². The van der Waals surface area contributed by atoms with E-state index in [9.17, 15) is 0 Å². The minimum Gasteiger partial charge on any atom is -0.378 e. The van der Waals surface area contributed by atoms with E-state index >= 15 is 0 Å². The first-order valence-electron chi connectivity index (χ1n) is 15.2. The van der Waals surface area contributed by atoms with Gasteiger partial charge in [-0.05, 0) is 84.1 Å². The van der Waals surface area contributed by atoms with Crippen LogP contribution in [0.5, 0.6) is 0 Å².